The van der Waals surface area contributed by atoms with Crippen molar-refractivity contribution < 1.29 is 23.9 Å². The van der Waals surface area contributed by atoms with Crippen LogP contribution in [0.5, 0.6) is 0 Å². The first kappa shape index (κ1) is 40.7. The number of piperidine rings is 1. The van der Waals surface area contributed by atoms with Crippen molar-refractivity contribution in [3.05, 3.63) is 46.9 Å². The number of hydrogen-bond acceptors (Lipinski definition) is 11. The van der Waals surface area contributed by atoms with Crippen LogP contribution in [-0.4, -0.2) is 121 Å². The van der Waals surface area contributed by atoms with Crippen LogP contribution in [0.1, 0.15) is 83.5 Å². The van der Waals surface area contributed by atoms with Crippen molar-refractivity contribution in [1.29, 1.82) is 5.26 Å². The minimum Gasteiger partial charge on any atom is -0.377 e. The third kappa shape index (κ3) is 8.00. The molecule has 1 unspecified atom stereocenters. The number of rotatable bonds is 10. The second-order valence-corrected chi connectivity index (χ2v) is 17.0. The van der Waals surface area contributed by atoms with Crippen LogP contribution in [0.15, 0.2) is 30.5 Å². The van der Waals surface area contributed by atoms with Crippen LogP contribution in [-0.2, 0) is 31.0 Å². The van der Waals surface area contributed by atoms with Gasteiger partial charge in [0.15, 0.2) is 10.8 Å². The topological polar surface area (TPSA) is 169 Å². The number of fused-ring (bicyclic) bond motifs is 1. The zero-order valence-electron chi connectivity index (χ0n) is 33.0. The van der Waals surface area contributed by atoms with Gasteiger partial charge in [-0.3, -0.25) is 43.9 Å². The average molecular weight is 817 g/mol. The van der Waals surface area contributed by atoms with Crippen LogP contribution < -0.4 is 15.5 Å². The Bertz CT molecular complexity index is 2130. The van der Waals surface area contributed by atoms with Crippen molar-refractivity contribution in [2.45, 2.75) is 102 Å². The van der Waals surface area contributed by atoms with Gasteiger partial charge in [-0.2, -0.15) is 10.4 Å². The summed E-state index contributed by atoms with van der Waals surface area (Å²) < 4.78 is 8.09. The summed E-state index contributed by atoms with van der Waals surface area (Å²) in [6.07, 6.45) is 5.65. The largest absolute Gasteiger partial charge is 0.377 e. The average Bonchev–Trinajstić information content (AvgIpc) is 3.58. The SMILES string of the molecule is C[C@@H]1CN(CCOC2CCC(N3C(=S)N(c4cnc(C#N)c(Cl)c4)C(=O)C3(C)C)CC2)C[C@H](C)N1CC(=O)Nc1cccc2c(C3CCC(=O)NC3=O)nn(C)c12. The number of nitrogens with one attached hydrogen (secondary N) is 2. The normalized spacial score (nSPS) is 25.9. The van der Waals surface area contributed by atoms with Gasteiger partial charge in [-0.25, -0.2) is 4.98 Å². The first-order valence-corrected chi connectivity index (χ1v) is 20.4. The van der Waals surface area contributed by atoms with Gasteiger partial charge in [-0.1, -0.05) is 23.7 Å². The van der Waals surface area contributed by atoms with Gasteiger partial charge in [0.05, 0.1) is 59.0 Å². The van der Waals surface area contributed by atoms with Gasteiger partial charge in [-0.15, -0.1) is 0 Å². The Balaban J connectivity index is 0.876. The number of halogens is 1. The van der Waals surface area contributed by atoms with Crippen LogP contribution in [0.25, 0.3) is 10.9 Å². The van der Waals surface area contributed by atoms with E-state index in [0.29, 0.717) is 35.2 Å². The molecule has 4 amide bonds. The van der Waals surface area contributed by atoms with E-state index in [4.69, 9.17) is 28.6 Å². The Kier molecular flexibility index (Phi) is 11.7. The number of anilines is 2. The number of ether oxygens (including phenoxy) is 1. The number of hydrogen-bond donors (Lipinski definition) is 2. The summed E-state index contributed by atoms with van der Waals surface area (Å²) in [5.74, 6) is -1.41. The van der Waals surface area contributed by atoms with Crippen molar-refractivity contribution in [2.24, 2.45) is 7.05 Å². The second-order valence-electron chi connectivity index (χ2n) is 16.2. The molecule has 0 radical (unpaired) electrons. The van der Waals surface area contributed by atoms with Gasteiger partial charge in [0, 0.05) is 56.6 Å². The van der Waals surface area contributed by atoms with E-state index in [1.807, 2.05) is 38.1 Å². The van der Waals surface area contributed by atoms with E-state index in [2.05, 4.69) is 49.3 Å². The highest BCUT2D eigenvalue weighted by atomic mass is 35.5. The molecule has 1 aliphatic carbocycles. The fraction of sp³-hybridized carbons (Fsp3) is 0.550. The molecule has 2 N–H and O–H groups in total. The fourth-order valence-corrected chi connectivity index (χ4v) is 9.86. The number of amides is 4. The van der Waals surface area contributed by atoms with Crippen molar-refractivity contribution in [3.8, 4) is 6.07 Å². The van der Waals surface area contributed by atoms with Crippen molar-refractivity contribution in [2.75, 3.05) is 43.0 Å². The van der Waals surface area contributed by atoms with E-state index in [9.17, 15) is 24.4 Å². The van der Waals surface area contributed by atoms with Crippen molar-refractivity contribution >= 4 is 74.8 Å². The van der Waals surface area contributed by atoms with Gasteiger partial charge in [0.1, 0.15) is 11.6 Å². The van der Waals surface area contributed by atoms with E-state index in [1.54, 1.807) is 17.8 Å². The number of aryl methyl sites for hydroxylation is 1. The van der Waals surface area contributed by atoms with E-state index in [1.165, 1.54) is 11.1 Å². The number of imide groups is 1. The van der Waals surface area contributed by atoms with Gasteiger partial charge in [0.2, 0.25) is 17.7 Å². The molecule has 0 spiro atoms. The molecule has 4 aliphatic rings. The van der Waals surface area contributed by atoms with E-state index >= 15 is 0 Å². The van der Waals surface area contributed by atoms with Crippen LogP contribution in [0.4, 0.5) is 11.4 Å². The van der Waals surface area contributed by atoms with Crippen LogP contribution in [0.3, 0.4) is 0 Å². The predicted molar refractivity (Wildman–Crippen MR) is 218 cm³/mol. The van der Waals surface area contributed by atoms with Gasteiger partial charge in [-0.05, 0) is 84.1 Å². The highest BCUT2D eigenvalue weighted by Crippen LogP contribution is 2.39. The molecule has 57 heavy (non-hydrogen) atoms. The lowest BCUT2D eigenvalue weighted by atomic mass is 9.89. The monoisotopic (exact) mass is 816 g/mol. The lowest BCUT2D eigenvalue weighted by molar-refractivity contribution is -0.134. The standard InChI is InChI=1S/C40H49ClN10O5S/c1-23-20-48(15-16-56-27-11-9-25(10-12-27)51-39(57)50(38(55)40(51,3)4)26-17-30(41)32(18-42)43-19-26)21-24(2)49(23)22-34(53)44-31-8-6-7-28-35(46-47(5)36(28)31)29-13-14-33(52)45-37(29)54/h6-8,17,19,23-25,27,29H,9-16,20-22H2,1-5H3,(H,44,53)(H,45,52,54)/t23-,24+,25?,27?,29?. The van der Waals surface area contributed by atoms with Crippen molar-refractivity contribution in [3.63, 3.8) is 0 Å². The lowest BCUT2D eigenvalue weighted by Crippen LogP contribution is -2.58. The third-order valence-electron chi connectivity index (χ3n) is 11.9. The Labute approximate surface area is 342 Å². The van der Waals surface area contributed by atoms with Crippen LogP contribution in [0, 0.1) is 11.3 Å². The molecule has 0 bridgehead atoms. The molecular formula is C40H49ClN10O5S. The smallest absolute Gasteiger partial charge is 0.258 e. The number of nitriles is 1. The molecule has 7 rings (SSSR count). The summed E-state index contributed by atoms with van der Waals surface area (Å²) in [6, 6.07) is 9.48. The minimum atomic E-state index is -0.845. The van der Waals surface area contributed by atoms with Gasteiger partial charge < -0.3 is 15.0 Å². The zero-order chi connectivity index (χ0) is 40.8. The van der Waals surface area contributed by atoms with E-state index < -0.39 is 11.5 Å². The molecule has 1 aromatic carbocycles. The molecule has 1 saturated carbocycles. The molecule has 3 aliphatic heterocycles. The fourth-order valence-electron chi connectivity index (χ4n) is 9.09. The third-order valence-corrected chi connectivity index (χ3v) is 12.6. The quantitative estimate of drug-likeness (QED) is 0.223. The summed E-state index contributed by atoms with van der Waals surface area (Å²) in [5, 5.41) is 20.8. The molecule has 2 aromatic heterocycles. The molecule has 4 fully saturated rings. The zero-order valence-corrected chi connectivity index (χ0v) is 34.5. The van der Waals surface area contributed by atoms with E-state index in [0.717, 1.165) is 56.2 Å². The van der Waals surface area contributed by atoms with Gasteiger partial charge in [0.25, 0.3) is 5.91 Å². The first-order chi connectivity index (χ1) is 27.2. The number of carbonyl (C=O) groups excluding carboxylic acids is 4. The predicted octanol–water partition coefficient (Wildman–Crippen LogP) is 4.09. The summed E-state index contributed by atoms with van der Waals surface area (Å²) in [6.45, 7) is 11.3. The number of thiocarbonyl (C=S) groups is 1. The Morgan fingerprint density at radius 2 is 1.84 bits per heavy atom. The summed E-state index contributed by atoms with van der Waals surface area (Å²) in [4.78, 5) is 63.7. The summed E-state index contributed by atoms with van der Waals surface area (Å²) in [7, 11) is 1.79. The molecule has 15 nitrogen and oxygen atoms in total. The Morgan fingerprint density at radius 3 is 2.51 bits per heavy atom. The lowest BCUT2D eigenvalue weighted by Gasteiger charge is -2.44. The molecule has 17 heteroatoms. The van der Waals surface area contributed by atoms with E-state index in [-0.39, 0.29) is 71.5 Å². The molecule has 3 aromatic rings. The molecule has 3 atom stereocenters. The number of piperazine rings is 1. The van der Waals surface area contributed by atoms with Gasteiger partial charge >= 0.3 is 0 Å². The first-order valence-electron chi connectivity index (χ1n) is 19.6. The second kappa shape index (κ2) is 16.4. The Morgan fingerprint density at radius 1 is 1.12 bits per heavy atom. The molecular weight excluding hydrogens is 768 g/mol. The number of aromatic nitrogens is 3. The number of carbonyl (C=O) groups is 4. The Hall–Kier alpha value is -4.53. The maximum atomic E-state index is 13.6. The number of nitrogens with zero attached hydrogens (tertiary/aromatic N) is 8. The minimum absolute atomic E-state index is 0.0856. The molecule has 5 heterocycles. The number of para-hydroxylation sites is 1. The molecule has 302 valence electrons. The molecule has 3 saturated heterocycles. The van der Waals surface area contributed by atoms with Crippen molar-refractivity contribution in [1.82, 2.24) is 34.8 Å². The maximum absolute atomic E-state index is 13.6. The maximum Gasteiger partial charge on any atom is 0.258 e. The number of benzene rings is 1. The summed E-state index contributed by atoms with van der Waals surface area (Å²) >= 11 is 12.1. The van der Waals surface area contributed by atoms with Crippen LogP contribution in [0.2, 0.25) is 5.02 Å². The highest BCUT2D eigenvalue weighted by Gasteiger charge is 2.52. The summed E-state index contributed by atoms with van der Waals surface area (Å²) in [5.41, 5.74) is 1.68. The van der Waals surface area contributed by atoms with Crippen LogP contribution >= 0.6 is 23.8 Å². The number of pyridine rings is 1. The highest BCUT2D eigenvalue weighted by molar-refractivity contribution is 7.80.